The molecule has 0 aliphatic heterocycles. The predicted molar refractivity (Wildman–Crippen MR) is 99.3 cm³/mol. The molecule has 3 rings (SSSR count). The van der Waals surface area contributed by atoms with Gasteiger partial charge in [0.2, 0.25) is 0 Å². The molecular formula is C21H19NO3. The van der Waals surface area contributed by atoms with Crippen molar-refractivity contribution < 1.29 is 14.7 Å². The molecule has 3 aromatic rings. The van der Waals surface area contributed by atoms with E-state index in [1.54, 1.807) is 42.5 Å². The van der Waals surface area contributed by atoms with Gasteiger partial charge in [0.25, 0.3) is 0 Å². The standard InChI is InChI=1S/C14H10O3.C7H9N/c15-13(10-6-2-1-3-7-10)11-8-4-5-9-12(11)14(16)17;1-8-7-5-3-2-4-6-7/h1-9H,(H,16,17);2-6,8H,1H3. The Morgan fingerprint density at radius 2 is 1.20 bits per heavy atom. The van der Waals surface area contributed by atoms with Gasteiger partial charge in [-0.3, -0.25) is 4.79 Å². The third-order valence-corrected chi connectivity index (χ3v) is 3.50. The van der Waals surface area contributed by atoms with Gasteiger partial charge in [-0.2, -0.15) is 0 Å². The Hall–Kier alpha value is -3.40. The topological polar surface area (TPSA) is 66.4 Å². The lowest BCUT2D eigenvalue weighted by Crippen LogP contribution is -2.09. The molecule has 0 saturated carbocycles. The highest BCUT2D eigenvalue weighted by Gasteiger charge is 2.16. The molecule has 0 unspecified atom stereocenters. The van der Waals surface area contributed by atoms with Crippen LogP contribution in [0.1, 0.15) is 26.3 Å². The zero-order valence-electron chi connectivity index (χ0n) is 13.8. The number of carbonyl (C=O) groups excluding carboxylic acids is 1. The van der Waals surface area contributed by atoms with E-state index in [0.717, 1.165) is 5.69 Å². The fraction of sp³-hybridized carbons (Fsp3) is 0.0476. The maximum absolute atomic E-state index is 12.1. The summed E-state index contributed by atoms with van der Waals surface area (Å²) in [6.07, 6.45) is 0. The molecule has 0 amide bonds. The van der Waals surface area contributed by atoms with Crippen LogP contribution in [0.3, 0.4) is 0 Å². The fourth-order valence-electron chi connectivity index (χ4n) is 2.22. The van der Waals surface area contributed by atoms with E-state index in [-0.39, 0.29) is 16.9 Å². The normalized spacial score (nSPS) is 9.48. The number of anilines is 1. The Labute approximate surface area is 146 Å². The molecule has 4 heteroatoms. The van der Waals surface area contributed by atoms with Gasteiger partial charge < -0.3 is 10.4 Å². The molecule has 0 fully saturated rings. The minimum Gasteiger partial charge on any atom is -0.478 e. The van der Waals surface area contributed by atoms with Crippen LogP contribution in [0.15, 0.2) is 84.9 Å². The third kappa shape index (κ3) is 5.04. The first kappa shape index (κ1) is 17.9. The van der Waals surface area contributed by atoms with Crippen LogP contribution in [0, 0.1) is 0 Å². The zero-order valence-corrected chi connectivity index (χ0v) is 13.8. The summed E-state index contributed by atoms with van der Waals surface area (Å²) in [4.78, 5) is 23.1. The number of para-hydroxylation sites is 1. The number of benzene rings is 3. The first-order valence-corrected chi connectivity index (χ1v) is 7.78. The quantitative estimate of drug-likeness (QED) is 0.697. The molecule has 0 heterocycles. The second-order valence-electron chi connectivity index (χ2n) is 5.16. The van der Waals surface area contributed by atoms with Crippen LogP contribution in [0.4, 0.5) is 5.69 Å². The second kappa shape index (κ2) is 9.03. The SMILES string of the molecule is CNc1ccccc1.O=C(O)c1ccccc1C(=O)c1ccccc1. The summed E-state index contributed by atoms with van der Waals surface area (Å²) in [7, 11) is 1.91. The molecule has 0 aromatic heterocycles. The lowest BCUT2D eigenvalue weighted by Gasteiger charge is -2.04. The maximum Gasteiger partial charge on any atom is 0.336 e. The highest BCUT2D eigenvalue weighted by molar-refractivity contribution is 6.14. The summed E-state index contributed by atoms with van der Waals surface area (Å²) < 4.78 is 0. The molecule has 3 aromatic carbocycles. The minimum absolute atomic E-state index is 0.0290. The maximum atomic E-state index is 12.1. The summed E-state index contributed by atoms with van der Waals surface area (Å²) in [6.45, 7) is 0. The number of carboxylic acids is 1. The van der Waals surface area contributed by atoms with Crippen molar-refractivity contribution in [2.24, 2.45) is 0 Å². The van der Waals surface area contributed by atoms with Crippen molar-refractivity contribution >= 4 is 17.4 Å². The van der Waals surface area contributed by atoms with Crippen LogP contribution >= 0.6 is 0 Å². The number of ketones is 1. The van der Waals surface area contributed by atoms with Gasteiger partial charge in [0.05, 0.1) is 5.56 Å². The second-order valence-corrected chi connectivity index (χ2v) is 5.16. The lowest BCUT2D eigenvalue weighted by atomic mass is 9.98. The van der Waals surface area contributed by atoms with E-state index < -0.39 is 5.97 Å². The van der Waals surface area contributed by atoms with Crippen LogP contribution in [-0.2, 0) is 0 Å². The number of hydrogen-bond acceptors (Lipinski definition) is 3. The smallest absolute Gasteiger partial charge is 0.336 e. The summed E-state index contributed by atoms with van der Waals surface area (Å²) >= 11 is 0. The van der Waals surface area contributed by atoms with E-state index in [4.69, 9.17) is 5.11 Å². The summed E-state index contributed by atoms with van der Waals surface area (Å²) in [5.74, 6) is -1.37. The minimum atomic E-state index is -1.09. The lowest BCUT2D eigenvalue weighted by molar-refractivity contribution is 0.0693. The molecule has 0 atom stereocenters. The third-order valence-electron chi connectivity index (χ3n) is 3.50. The first-order chi connectivity index (χ1) is 12.1. The van der Waals surface area contributed by atoms with Gasteiger partial charge in [-0.15, -0.1) is 0 Å². The molecule has 126 valence electrons. The Kier molecular flexibility index (Phi) is 6.48. The Bertz CT molecular complexity index is 830. The van der Waals surface area contributed by atoms with Gasteiger partial charge in [-0.1, -0.05) is 66.7 Å². The van der Waals surface area contributed by atoms with E-state index in [1.807, 2.05) is 37.4 Å². The largest absolute Gasteiger partial charge is 0.478 e. The molecule has 2 N–H and O–H groups in total. The first-order valence-electron chi connectivity index (χ1n) is 7.78. The van der Waals surface area contributed by atoms with E-state index in [1.165, 1.54) is 12.1 Å². The molecule has 0 saturated heterocycles. The highest BCUT2D eigenvalue weighted by atomic mass is 16.4. The molecule has 0 aliphatic rings. The van der Waals surface area contributed by atoms with Crippen molar-refractivity contribution in [1.82, 2.24) is 0 Å². The van der Waals surface area contributed by atoms with Gasteiger partial charge in [-0.05, 0) is 18.2 Å². The van der Waals surface area contributed by atoms with E-state index >= 15 is 0 Å². The van der Waals surface area contributed by atoms with Crippen LogP contribution in [0.2, 0.25) is 0 Å². The number of nitrogens with one attached hydrogen (secondary N) is 1. The van der Waals surface area contributed by atoms with Crippen LogP contribution in [0.25, 0.3) is 0 Å². The van der Waals surface area contributed by atoms with Crippen LogP contribution in [-0.4, -0.2) is 23.9 Å². The number of hydrogen-bond donors (Lipinski definition) is 2. The fourth-order valence-corrected chi connectivity index (χ4v) is 2.22. The van der Waals surface area contributed by atoms with Crippen LogP contribution in [0.5, 0.6) is 0 Å². The molecule has 0 radical (unpaired) electrons. The highest BCUT2D eigenvalue weighted by Crippen LogP contribution is 2.14. The number of aromatic carboxylic acids is 1. The van der Waals surface area contributed by atoms with Gasteiger partial charge in [0, 0.05) is 23.9 Å². The molecule has 4 nitrogen and oxygen atoms in total. The number of carboxylic acid groups (broad SMARTS) is 1. The Balaban J connectivity index is 0.000000236. The zero-order chi connectivity index (χ0) is 18.1. The van der Waals surface area contributed by atoms with Crippen molar-refractivity contribution in [1.29, 1.82) is 0 Å². The average molecular weight is 333 g/mol. The van der Waals surface area contributed by atoms with E-state index in [0.29, 0.717) is 5.56 Å². The van der Waals surface area contributed by atoms with Gasteiger partial charge in [0.15, 0.2) is 5.78 Å². The summed E-state index contributed by atoms with van der Waals surface area (Å²) in [5.41, 5.74) is 1.89. The van der Waals surface area contributed by atoms with Crippen molar-refractivity contribution in [2.75, 3.05) is 12.4 Å². The van der Waals surface area contributed by atoms with Crippen molar-refractivity contribution in [3.8, 4) is 0 Å². The predicted octanol–water partition coefficient (Wildman–Crippen LogP) is 4.34. The van der Waals surface area contributed by atoms with Crippen molar-refractivity contribution in [3.05, 3.63) is 102 Å². The van der Waals surface area contributed by atoms with Gasteiger partial charge >= 0.3 is 5.97 Å². The van der Waals surface area contributed by atoms with E-state index in [2.05, 4.69) is 5.32 Å². The monoisotopic (exact) mass is 333 g/mol. The number of carbonyl (C=O) groups is 2. The number of rotatable bonds is 4. The summed E-state index contributed by atoms with van der Waals surface area (Å²) in [5, 5.41) is 12.0. The van der Waals surface area contributed by atoms with Gasteiger partial charge in [-0.25, -0.2) is 4.79 Å². The Morgan fingerprint density at radius 3 is 1.68 bits per heavy atom. The molecule has 25 heavy (non-hydrogen) atoms. The van der Waals surface area contributed by atoms with Gasteiger partial charge in [0.1, 0.15) is 0 Å². The van der Waals surface area contributed by atoms with Crippen molar-refractivity contribution in [3.63, 3.8) is 0 Å². The Morgan fingerprint density at radius 1 is 0.720 bits per heavy atom. The van der Waals surface area contributed by atoms with Crippen LogP contribution < -0.4 is 5.32 Å². The molecule has 0 bridgehead atoms. The molecular weight excluding hydrogens is 314 g/mol. The molecule has 0 aliphatic carbocycles. The summed E-state index contributed by atoms with van der Waals surface area (Å²) in [6, 6.07) is 24.9. The van der Waals surface area contributed by atoms with Crippen molar-refractivity contribution in [2.45, 2.75) is 0 Å². The average Bonchev–Trinajstić information content (AvgIpc) is 2.69. The van der Waals surface area contributed by atoms with E-state index in [9.17, 15) is 9.59 Å². The molecule has 0 spiro atoms.